The van der Waals surface area contributed by atoms with Gasteiger partial charge in [0.15, 0.2) is 5.78 Å². The topological polar surface area (TPSA) is 161 Å². The predicted molar refractivity (Wildman–Crippen MR) is 194 cm³/mol. The average molecular weight is 746 g/mol. The molecular formula is C38H41F2N7O7. The highest BCUT2D eigenvalue weighted by Gasteiger charge is 2.26. The zero-order valence-corrected chi connectivity index (χ0v) is 29.7. The van der Waals surface area contributed by atoms with Crippen LogP contribution in [-0.4, -0.2) is 110 Å². The van der Waals surface area contributed by atoms with E-state index in [0.29, 0.717) is 86.5 Å². The van der Waals surface area contributed by atoms with Crippen molar-refractivity contribution in [3.8, 4) is 0 Å². The summed E-state index contributed by atoms with van der Waals surface area (Å²) in [5.74, 6) is -1.55. The molecule has 2 N–H and O–H groups in total. The number of anilines is 2. The number of hydrogen-bond donors (Lipinski definition) is 1. The van der Waals surface area contributed by atoms with Crippen molar-refractivity contribution in [2.24, 2.45) is 5.73 Å². The largest absolute Gasteiger partial charge is 0.465 e. The lowest BCUT2D eigenvalue weighted by atomic mass is 10.1. The number of esters is 1. The highest BCUT2D eigenvalue weighted by molar-refractivity contribution is 5.97. The van der Waals surface area contributed by atoms with Crippen molar-refractivity contribution in [2.45, 2.75) is 13.1 Å². The van der Waals surface area contributed by atoms with E-state index in [4.69, 9.17) is 15.2 Å². The monoisotopic (exact) mass is 745 g/mol. The Morgan fingerprint density at radius 2 is 1.15 bits per heavy atom. The first-order valence-electron chi connectivity index (χ1n) is 17.2. The van der Waals surface area contributed by atoms with Gasteiger partial charge in [0.25, 0.3) is 0 Å². The molecule has 14 nitrogen and oxygen atoms in total. The van der Waals surface area contributed by atoms with Crippen LogP contribution in [0.2, 0.25) is 0 Å². The molecular weight excluding hydrogens is 704 g/mol. The predicted octanol–water partition coefficient (Wildman–Crippen LogP) is 4.29. The third-order valence-corrected chi connectivity index (χ3v) is 8.48. The van der Waals surface area contributed by atoms with Gasteiger partial charge in [0, 0.05) is 55.5 Å². The molecule has 2 aromatic heterocycles. The fraction of sp³-hybridized carbons (Fsp3) is 0.316. The number of hydrogen-bond acceptors (Lipinski definition) is 10. The van der Waals surface area contributed by atoms with Gasteiger partial charge in [0.05, 0.1) is 70.1 Å². The number of carbonyl (C=O) groups excluding carboxylic acids is 4. The first-order chi connectivity index (χ1) is 26.2. The van der Waals surface area contributed by atoms with Crippen LogP contribution in [0.5, 0.6) is 0 Å². The van der Waals surface area contributed by atoms with E-state index in [1.54, 1.807) is 58.3 Å². The molecule has 284 valence electrons. The van der Waals surface area contributed by atoms with Crippen LogP contribution in [0.3, 0.4) is 0 Å². The Labute approximate surface area is 311 Å². The Bertz CT molecular complexity index is 1750. The summed E-state index contributed by atoms with van der Waals surface area (Å²) in [6, 6.07) is 17.7. The number of carbonyl (C=O) groups is 4. The number of ketones is 1. The van der Waals surface area contributed by atoms with Gasteiger partial charge < -0.3 is 29.7 Å². The number of ether oxygens (including phenoxy) is 3. The number of morpholine rings is 2. The molecule has 2 fully saturated rings. The number of Topliss-reactive ketones (excluding diaryl/α,β-unsaturated/α-hetero) is 1. The number of amides is 4. The van der Waals surface area contributed by atoms with Gasteiger partial charge in [-0.1, -0.05) is 12.1 Å². The minimum atomic E-state index is -0.486. The summed E-state index contributed by atoms with van der Waals surface area (Å²) in [4.78, 5) is 63.9. The van der Waals surface area contributed by atoms with Crippen molar-refractivity contribution in [1.82, 2.24) is 19.8 Å². The van der Waals surface area contributed by atoms with E-state index in [1.807, 2.05) is 0 Å². The summed E-state index contributed by atoms with van der Waals surface area (Å²) in [7, 11) is 1.29. The highest BCUT2D eigenvalue weighted by Crippen LogP contribution is 2.22. The van der Waals surface area contributed by atoms with Crippen LogP contribution < -0.4 is 15.5 Å². The molecule has 16 heteroatoms. The zero-order chi connectivity index (χ0) is 38.5. The van der Waals surface area contributed by atoms with Crippen LogP contribution in [-0.2, 0) is 27.3 Å². The Morgan fingerprint density at radius 1 is 0.704 bits per heavy atom. The zero-order valence-electron chi connectivity index (χ0n) is 29.7. The molecule has 0 bridgehead atoms. The molecule has 0 atom stereocenters. The molecule has 2 saturated heterocycles. The summed E-state index contributed by atoms with van der Waals surface area (Å²) in [5, 5.41) is 0. The Morgan fingerprint density at radius 3 is 1.52 bits per heavy atom. The van der Waals surface area contributed by atoms with Crippen molar-refractivity contribution >= 4 is 35.2 Å². The van der Waals surface area contributed by atoms with Crippen LogP contribution in [0.25, 0.3) is 0 Å². The van der Waals surface area contributed by atoms with Gasteiger partial charge in [-0.2, -0.15) is 0 Å². The van der Waals surface area contributed by atoms with Crippen molar-refractivity contribution in [1.29, 1.82) is 0 Å². The lowest BCUT2D eigenvalue weighted by Crippen LogP contribution is -2.48. The van der Waals surface area contributed by atoms with Gasteiger partial charge in [-0.3, -0.25) is 24.6 Å². The molecule has 2 aliphatic rings. The van der Waals surface area contributed by atoms with E-state index < -0.39 is 17.6 Å². The third kappa shape index (κ3) is 10.6. The Balaban J connectivity index is 0.000000208. The summed E-state index contributed by atoms with van der Waals surface area (Å²) in [6.45, 7) is 3.96. The second kappa shape index (κ2) is 19.3. The standard InChI is InChI=1S/C19H21FN4O3.C19H20FN3O4/c20-15-2-1-3-17(10-15)24(19(26)23-6-8-27-9-7-23)13-16-5-4-14(12-22-16)18(25)11-21;1-26-18(24)14-5-6-16(21-12-14)13-23(17-4-2-3-15(20)11-17)19(25)22-7-9-27-10-8-22/h1-5,10,12H,6-9,11,13,21H2;2-6,11-12H,7-10,13H2,1H3. The maximum Gasteiger partial charge on any atom is 0.339 e. The molecule has 0 radical (unpaired) electrons. The Kier molecular flexibility index (Phi) is 14.1. The van der Waals surface area contributed by atoms with Crippen LogP contribution >= 0.6 is 0 Å². The lowest BCUT2D eigenvalue weighted by Gasteiger charge is -2.33. The molecule has 6 rings (SSSR count). The van der Waals surface area contributed by atoms with Crippen molar-refractivity contribution in [3.05, 3.63) is 119 Å². The number of urea groups is 2. The van der Waals surface area contributed by atoms with Gasteiger partial charge in [-0.15, -0.1) is 0 Å². The average Bonchev–Trinajstić information content (AvgIpc) is 3.22. The molecule has 4 heterocycles. The number of aromatic nitrogens is 2. The van der Waals surface area contributed by atoms with E-state index in [1.165, 1.54) is 53.6 Å². The summed E-state index contributed by atoms with van der Waals surface area (Å²) in [5.41, 5.74) is 8.10. The van der Waals surface area contributed by atoms with Crippen LogP contribution in [0, 0.1) is 11.6 Å². The SMILES string of the molecule is COC(=O)c1ccc(CN(C(=O)N2CCOCC2)c2cccc(F)c2)nc1.NCC(=O)c1ccc(CN(C(=O)N2CCOCC2)c2cccc(F)c2)nc1. The number of benzene rings is 2. The molecule has 2 aromatic carbocycles. The summed E-state index contributed by atoms with van der Waals surface area (Å²) >= 11 is 0. The fourth-order valence-electron chi connectivity index (χ4n) is 5.56. The van der Waals surface area contributed by atoms with Gasteiger partial charge in [0.2, 0.25) is 0 Å². The van der Waals surface area contributed by atoms with E-state index >= 15 is 0 Å². The summed E-state index contributed by atoms with van der Waals surface area (Å²) < 4.78 is 42.7. The van der Waals surface area contributed by atoms with E-state index in [0.717, 1.165) is 0 Å². The second-order valence-electron chi connectivity index (χ2n) is 12.1. The van der Waals surface area contributed by atoms with Crippen LogP contribution in [0.1, 0.15) is 32.1 Å². The molecule has 54 heavy (non-hydrogen) atoms. The Hall–Kier alpha value is -5.84. The van der Waals surface area contributed by atoms with Crippen LogP contribution in [0.4, 0.5) is 29.7 Å². The maximum atomic E-state index is 13.7. The molecule has 0 aliphatic carbocycles. The highest BCUT2D eigenvalue weighted by atomic mass is 19.1. The molecule has 0 unspecified atom stereocenters. The number of methoxy groups -OCH3 is 1. The number of nitrogens with two attached hydrogens (primary N) is 1. The van der Waals surface area contributed by atoms with Crippen molar-refractivity contribution in [2.75, 3.05) is 76.1 Å². The van der Waals surface area contributed by atoms with Gasteiger partial charge in [0.1, 0.15) is 11.6 Å². The van der Waals surface area contributed by atoms with Gasteiger partial charge in [-0.05, 0) is 60.7 Å². The fourth-order valence-corrected chi connectivity index (χ4v) is 5.56. The van der Waals surface area contributed by atoms with Crippen molar-refractivity contribution in [3.63, 3.8) is 0 Å². The number of halogens is 2. The molecule has 4 aromatic rings. The van der Waals surface area contributed by atoms with E-state index in [9.17, 15) is 28.0 Å². The molecule has 0 spiro atoms. The van der Waals surface area contributed by atoms with Gasteiger partial charge in [-0.25, -0.2) is 23.2 Å². The van der Waals surface area contributed by atoms with Crippen molar-refractivity contribution < 1.29 is 42.2 Å². The summed E-state index contributed by atoms with van der Waals surface area (Å²) in [6.07, 6.45) is 2.83. The lowest BCUT2D eigenvalue weighted by molar-refractivity contribution is 0.0548. The minimum absolute atomic E-state index is 0.0913. The quantitative estimate of drug-likeness (QED) is 0.194. The van der Waals surface area contributed by atoms with E-state index in [-0.39, 0.29) is 37.5 Å². The first kappa shape index (κ1) is 39.4. The molecule has 2 aliphatic heterocycles. The minimum Gasteiger partial charge on any atom is -0.465 e. The van der Waals surface area contributed by atoms with Crippen LogP contribution in [0.15, 0.2) is 85.2 Å². The second-order valence-corrected chi connectivity index (χ2v) is 12.1. The third-order valence-electron chi connectivity index (χ3n) is 8.48. The normalized spacial score (nSPS) is 14.0. The molecule has 0 saturated carbocycles. The molecule has 4 amide bonds. The van der Waals surface area contributed by atoms with Gasteiger partial charge >= 0.3 is 18.0 Å². The van der Waals surface area contributed by atoms with E-state index in [2.05, 4.69) is 14.7 Å². The number of rotatable bonds is 9. The number of nitrogens with zero attached hydrogens (tertiary/aromatic N) is 6. The smallest absolute Gasteiger partial charge is 0.339 e. The number of pyridine rings is 2. The first-order valence-corrected chi connectivity index (χ1v) is 17.2. The maximum absolute atomic E-state index is 13.7.